The molecule has 0 aliphatic carbocycles. The average molecular weight is 271 g/mol. The molecule has 2 rings (SSSR count). The number of amides is 1. The Morgan fingerprint density at radius 2 is 2.37 bits per heavy atom. The SMILES string of the molecule is CC1(C)COCCN1CCNC(=O)C1CC(O)CN1. The molecular formula is C13H25N3O3. The van der Waals surface area contributed by atoms with Crippen molar-refractivity contribution in [2.45, 2.75) is 38.0 Å². The molecule has 6 nitrogen and oxygen atoms in total. The van der Waals surface area contributed by atoms with Crippen LogP contribution in [0.2, 0.25) is 0 Å². The number of nitrogens with zero attached hydrogens (tertiary/aromatic N) is 1. The first-order valence-corrected chi connectivity index (χ1v) is 7.01. The molecule has 1 amide bonds. The first kappa shape index (κ1) is 14.7. The number of aliphatic hydroxyl groups is 1. The lowest BCUT2D eigenvalue weighted by atomic mass is 10.0. The molecule has 2 atom stereocenters. The van der Waals surface area contributed by atoms with Gasteiger partial charge in [0, 0.05) is 31.7 Å². The summed E-state index contributed by atoms with van der Waals surface area (Å²) in [5, 5.41) is 15.3. The van der Waals surface area contributed by atoms with E-state index in [1.165, 1.54) is 0 Å². The number of hydrogen-bond donors (Lipinski definition) is 3. The Bertz CT molecular complexity index is 322. The highest BCUT2D eigenvalue weighted by Gasteiger charge is 2.31. The van der Waals surface area contributed by atoms with Crippen LogP contribution in [-0.4, -0.2) is 73.0 Å². The Labute approximate surface area is 114 Å². The average Bonchev–Trinajstić information content (AvgIpc) is 2.78. The molecule has 2 unspecified atom stereocenters. The molecule has 0 aromatic rings. The summed E-state index contributed by atoms with van der Waals surface area (Å²) in [4.78, 5) is 14.2. The lowest BCUT2D eigenvalue weighted by Crippen LogP contribution is -2.55. The van der Waals surface area contributed by atoms with Crippen molar-refractivity contribution in [3.05, 3.63) is 0 Å². The van der Waals surface area contributed by atoms with E-state index in [4.69, 9.17) is 4.74 Å². The highest BCUT2D eigenvalue weighted by molar-refractivity contribution is 5.82. The molecule has 0 aromatic heterocycles. The van der Waals surface area contributed by atoms with Crippen LogP contribution >= 0.6 is 0 Å². The molecule has 2 aliphatic rings. The van der Waals surface area contributed by atoms with Crippen molar-refractivity contribution < 1.29 is 14.6 Å². The standard InChI is InChI=1S/C13H25N3O3/c1-13(2)9-19-6-5-16(13)4-3-14-12(18)11-7-10(17)8-15-11/h10-11,15,17H,3-9H2,1-2H3,(H,14,18). The van der Waals surface area contributed by atoms with Crippen molar-refractivity contribution in [1.29, 1.82) is 0 Å². The number of β-amino-alcohol motifs (C(OH)–C–C–N with tert-alkyl or cyclic N) is 1. The summed E-state index contributed by atoms with van der Waals surface area (Å²) in [5.41, 5.74) is 0.0325. The fraction of sp³-hybridized carbons (Fsp3) is 0.923. The van der Waals surface area contributed by atoms with Crippen LogP contribution in [0.15, 0.2) is 0 Å². The second-order valence-corrected chi connectivity index (χ2v) is 5.99. The molecule has 2 saturated heterocycles. The molecule has 6 heteroatoms. The van der Waals surface area contributed by atoms with Crippen LogP contribution in [0.5, 0.6) is 0 Å². The number of ether oxygens (including phenoxy) is 1. The van der Waals surface area contributed by atoms with Crippen molar-refractivity contribution >= 4 is 5.91 Å². The summed E-state index contributed by atoms with van der Waals surface area (Å²) in [6, 6.07) is -0.243. The number of hydrogen-bond acceptors (Lipinski definition) is 5. The Morgan fingerprint density at radius 1 is 1.58 bits per heavy atom. The highest BCUT2D eigenvalue weighted by atomic mass is 16.5. The third-order valence-corrected chi connectivity index (χ3v) is 3.92. The molecule has 110 valence electrons. The largest absolute Gasteiger partial charge is 0.392 e. The van der Waals surface area contributed by atoms with Crippen LogP contribution < -0.4 is 10.6 Å². The number of nitrogens with one attached hydrogen (secondary N) is 2. The quantitative estimate of drug-likeness (QED) is 0.607. The van der Waals surface area contributed by atoms with Crippen molar-refractivity contribution in [3.8, 4) is 0 Å². The second kappa shape index (κ2) is 6.17. The summed E-state index contributed by atoms with van der Waals surface area (Å²) in [7, 11) is 0. The predicted molar refractivity (Wildman–Crippen MR) is 71.9 cm³/mol. The smallest absolute Gasteiger partial charge is 0.237 e. The van der Waals surface area contributed by atoms with Crippen molar-refractivity contribution in [3.63, 3.8) is 0 Å². The maximum absolute atomic E-state index is 11.9. The molecule has 2 fully saturated rings. The number of aliphatic hydroxyl groups excluding tert-OH is 1. The number of carbonyl (C=O) groups excluding carboxylic acids is 1. The van der Waals surface area contributed by atoms with Gasteiger partial charge in [0.1, 0.15) is 0 Å². The minimum absolute atomic E-state index is 0.0115. The molecule has 0 aromatic carbocycles. The first-order valence-electron chi connectivity index (χ1n) is 7.01. The maximum atomic E-state index is 11.9. The van der Waals surface area contributed by atoms with Gasteiger partial charge in [-0.05, 0) is 20.3 Å². The summed E-state index contributed by atoms with van der Waals surface area (Å²) in [5.74, 6) is -0.0115. The normalized spacial score (nSPS) is 31.3. The van der Waals surface area contributed by atoms with Crippen molar-refractivity contribution in [2.24, 2.45) is 0 Å². The van der Waals surface area contributed by atoms with E-state index in [0.29, 0.717) is 19.5 Å². The van der Waals surface area contributed by atoms with Crippen molar-refractivity contribution in [2.75, 3.05) is 39.4 Å². The number of rotatable bonds is 4. The second-order valence-electron chi connectivity index (χ2n) is 5.99. The zero-order valence-electron chi connectivity index (χ0n) is 11.8. The highest BCUT2D eigenvalue weighted by Crippen LogP contribution is 2.17. The molecule has 0 spiro atoms. The van der Waals surface area contributed by atoms with Crippen molar-refractivity contribution in [1.82, 2.24) is 15.5 Å². The van der Waals surface area contributed by atoms with Gasteiger partial charge in [0.15, 0.2) is 0 Å². The molecule has 0 saturated carbocycles. The van der Waals surface area contributed by atoms with Gasteiger partial charge in [-0.3, -0.25) is 9.69 Å². The van der Waals surface area contributed by atoms with Crippen LogP contribution in [0.1, 0.15) is 20.3 Å². The van der Waals surface area contributed by atoms with E-state index in [2.05, 4.69) is 29.4 Å². The molecule has 0 bridgehead atoms. The monoisotopic (exact) mass is 271 g/mol. The van der Waals surface area contributed by atoms with E-state index in [1.807, 2.05) is 0 Å². The van der Waals surface area contributed by atoms with Crippen LogP contribution in [0, 0.1) is 0 Å². The minimum Gasteiger partial charge on any atom is -0.392 e. The Hall–Kier alpha value is -0.690. The van der Waals surface area contributed by atoms with Crippen LogP contribution in [0.25, 0.3) is 0 Å². The molecule has 0 radical (unpaired) electrons. The van der Waals surface area contributed by atoms with Gasteiger partial charge in [-0.25, -0.2) is 0 Å². The Morgan fingerprint density at radius 3 is 3.00 bits per heavy atom. The third kappa shape index (κ3) is 3.89. The summed E-state index contributed by atoms with van der Waals surface area (Å²) < 4.78 is 5.47. The van der Waals surface area contributed by atoms with Crippen LogP contribution in [-0.2, 0) is 9.53 Å². The van der Waals surface area contributed by atoms with E-state index < -0.39 is 6.10 Å². The topological polar surface area (TPSA) is 73.8 Å². The minimum atomic E-state index is -0.395. The van der Waals surface area contributed by atoms with E-state index in [-0.39, 0.29) is 17.5 Å². The Kier molecular flexibility index (Phi) is 4.78. The Balaban J connectivity index is 1.69. The molecule has 3 N–H and O–H groups in total. The van der Waals surface area contributed by atoms with Gasteiger partial charge in [0.05, 0.1) is 25.4 Å². The van der Waals surface area contributed by atoms with E-state index >= 15 is 0 Å². The lowest BCUT2D eigenvalue weighted by Gasteiger charge is -2.42. The van der Waals surface area contributed by atoms with Gasteiger partial charge in [0.25, 0.3) is 0 Å². The van der Waals surface area contributed by atoms with Gasteiger partial charge < -0.3 is 20.5 Å². The summed E-state index contributed by atoms with van der Waals surface area (Å²) in [6.07, 6.45) is 0.114. The number of morpholine rings is 1. The van der Waals surface area contributed by atoms with Gasteiger partial charge >= 0.3 is 0 Å². The molecule has 2 heterocycles. The van der Waals surface area contributed by atoms with Gasteiger partial charge in [-0.2, -0.15) is 0 Å². The zero-order chi connectivity index (χ0) is 13.9. The van der Waals surface area contributed by atoms with E-state index in [1.54, 1.807) is 0 Å². The fourth-order valence-corrected chi connectivity index (χ4v) is 2.66. The number of carbonyl (C=O) groups is 1. The summed E-state index contributed by atoms with van der Waals surface area (Å²) in [6.45, 7) is 8.68. The first-order chi connectivity index (χ1) is 8.99. The third-order valence-electron chi connectivity index (χ3n) is 3.92. The predicted octanol–water partition coefficient (Wildman–Crippen LogP) is -1.06. The van der Waals surface area contributed by atoms with Gasteiger partial charge in [0.2, 0.25) is 5.91 Å². The van der Waals surface area contributed by atoms with E-state index in [9.17, 15) is 9.90 Å². The molecule has 2 aliphatic heterocycles. The van der Waals surface area contributed by atoms with Gasteiger partial charge in [-0.1, -0.05) is 0 Å². The lowest BCUT2D eigenvalue weighted by molar-refractivity contribution is -0.123. The van der Waals surface area contributed by atoms with Gasteiger partial charge in [-0.15, -0.1) is 0 Å². The maximum Gasteiger partial charge on any atom is 0.237 e. The fourth-order valence-electron chi connectivity index (χ4n) is 2.66. The van der Waals surface area contributed by atoms with Crippen LogP contribution in [0.4, 0.5) is 0 Å². The van der Waals surface area contributed by atoms with Crippen LogP contribution in [0.3, 0.4) is 0 Å². The molecule has 19 heavy (non-hydrogen) atoms. The summed E-state index contributed by atoms with van der Waals surface area (Å²) >= 11 is 0. The zero-order valence-corrected chi connectivity index (χ0v) is 11.8. The van der Waals surface area contributed by atoms with E-state index in [0.717, 1.165) is 26.3 Å². The molecular weight excluding hydrogens is 246 g/mol.